The molecule has 12 heteroatoms. The molecule has 0 heterocycles. The second-order valence-corrected chi connectivity index (χ2v) is 5.19. The molecule has 0 aromatic rings. The zero-order valence-corrected chi connectivity index (χ0v) is 9.32. The molecular formula is C5H4O10S2. The van der Waals surface area contributed by atoms with Gasteiger partial charge in [-0.2, -0.15) is 16.8 Å². The standard InChI is InChI=1S/C5H4O10S2/c6-2(4(8)16(10,11)12)1-3(7)5(9)17(13,14)15/h1H2,(H,10,11,12)(H,13,14,15). The minimum Gasteiger partial charge on any atom is -0.289 e. The fourth-order valence-corrected chi connectivity index (χ4v) is 1.30. The lowest BCUT2D eigenvalue weighted by molar-refractivity contribution is -0.138. The van der Waals surface area contributed by atoms with Crippen LogP contribution in [0.4, 0.5) is 0 Å². The maximum absolute atomic E-state index is 10.7. The van der Waals surface area contributed by atoms with Crippen LogP contribution in [0.1, 0.15) is 6.42 Å². The van der Waals surface area contributed by atoms with Crippen molar-refractivity contribution in [3.8, 4) is 0 Å². The Kier molecular flexibility index (Phi) is 4.36. The van der Waals surface area contributed by atoms with E-state index < -0.39 is 48.5 Å². The van der Waals surface area contributed by atoms with Gasteiger partial charge in [-0.05, 0) is 0 Å². The van der Waals surface area contributed by atoms with Crippen LogP contribution in [0.25, 0.3) is 0 Å². The molecular weight excluding hydrogens is 284 g/mol. The molecule has 0 radical (unpaired) electrons. The maximum atomic E-state index is 10.7. The molecule has 0 aromatic heterocycles. The molecule has 0 aliphatic heterocycles. The number of rotatable bonds is 4. The Morgan fingerprint density at radius 2 is 0.941 bits per heavy atom. The van der Waals surface area contributed by atoms with Crippen LogP contribution in [0.2, 0.25) is 0 Å². The predicted octanol–water partition coefficient (Wildman–Crippen LogP) is -2.66. The summed E-state index contributed by atoms with van der Waals surface area (Å²) in [4.78, 5) is 42.4. The molecule has 0 unspecified atom stereocenters. The molecule has 0 bridgehead atoms. The summed E-state index contributed by atoms with van der Waals surface area (Å²) in [6.45, 7) is 0. The van der Waals surface area contributed by atoms with Gasteiger partial charge in [0, 0.05) is 0 Å². The van der Waals surface area contributed by atoms with Gasteiger partial charge in [0.1, 0.15) is 0 Å². The van der Waals surface area contributed by atoms with E-state index in [-0.39, 0.29) is 0 Å². The molecule has 0 rings (SSSR count). The molecule has 0 amide bonds. The average Bonchev–Trinajstić information content (AvgIpc) is 2.12. The fraction of sp³-hybridized carbons (Fsp3) is 0.200. The number of carbonyl (C=O) groups excluding carboxylic acids is 4. The SMILES string of the molecule is O=C(CC(=O)C(=O)S(=O)(=O)O)C(=O)S(=O)(=O)O. The summed E-state index contributed by atoms with van der Waals surface area (Å²) < 4.78 is 56.8. The number of Topliss-reactive ketones (excluding diaryl/α,β-unsaturated/α-hetero) is 2. The number of carbonyl (C=O) groups is 4. The van der Waals surface area contributed by atoms with E-state index in [4.69, 9.17) is 9.11 Å². The molecule has 96 valence electrons. The highest BCUT2D eigenvalue weighted by Crippen LogP contribution is 1.98. The molecule has 2 N–H and O–H groups in total. The molecule has 10 nitrogen and oxygen atoms in total. The van der Waals surface area contributed by atoms with Crippen molar-refractivity contribution >= 4 is 42.0 Å². The third kappa shape index (κ3) is 4.48. The molecule has 0 aromatic carbocycles. The smallest absolute Gasteiger partial charge is 0.289 e. The van der Waals surface area contributed by atoms with Crippen molar-refractivity contribution in [1.82, 2.24) is 0 Å². The first-order valence-corrected chi connectivity index (χ1v) is 6.34. The molecule has 0 fully saturated rings. The number of ketones is 2. The van der Waals surface area contributed by atoms with Crippen LogP contribution in [-0.2, 0) is 39.4 Å². The van der Waals surface area contributed by atoms with E-state index in [9.17, 15) is 36.0 Å². The van der Waals surface area contributed by atoms with E-state index in [1.165, 1.54) is 0 Å². The van der Waals surface area contributed by atoms with Crippen LogP contribution in [0.3, 0.4) is 0 Å². The summed E-state index contributed by atoms with van der Waals surface area (Å²) in [5.41, 5.74) is 0. The highest BCUT2D eigenvalue weighted by atomic mass is 32.2. The van der Waals surface area contributed by atoms with Gasteiger partial charge in [0.15, 0.2) is 0 Å². The molecule has 17 heavy (non-hydrogen) atoms. The predicted molar refractivity (Wildman–Crippen MR) is 47.7 cm³/mol. The first-order valence-electron chi connectivity index (χ1n) is 3.46. The van der Waals surface area contributed by atoms with Crippen molar-refractivity contribution in [2.24, 2.45) is 0 Å². The number of hydrogen-bond donors (Lipinski definition) is 2. The summed E-state index contributed by atoms with van der Waals surface area (Å²) in [6.07, 6.45) is -1.70. The summed E-state index contributed by atoms with van der Waals surface area (Å²) in [5.74, 6) is -4.01. The Morgan fingerprint density at radius 3 is 1.12 bits per heavy atom. The van der Waals surface area contributed by atoms with Crippen LogP contribution >= 0.6 is 0 Å². The van der Waals surface area contributed by atoms with Gasteiger partial charge in [0.05, 0.1) is 6.42 Å². The van der Waals surface area contributed by atoms with Crippen molar-refractivity contribution < 1.29 is 45.1 Å². The second kappa shape index (κ2) is 4.79. The van der Waals surface area contributed by atoms with Gasteiger partial charge in [-0.15, -0.1) is 0 Å². The summed E-state index contributed by atoms with van der Waals surface area (Å²) >= 11 is 0. The van der Waals surface area contributed by atoms with Crippen molar-refractivity contribution in [2.75, 3.05) is 0 Å². The lowest BCUT2D eigenvalue weighted by atomic mass is 10.2. The maximum Gasteiger partial charge on any atom is 0.339 e. The van der Waals surface area contributed by atoms with Gasteiger partial charge in [0.2, 0.25) is 11.6 Å². The normalized spacial score (nSPS) is 11.9. The topological polar surface area (TPSA) is 177 Å². The summed E-state index contributed by atoms with van der Waals surface area (Å²) in [6, 6.07) is 0. The Morgan fingerprint density at radius 1 is 0.706 bits per heavy atom. The minimum atomic E-state index is -5.37. The van der Waals surface area contributed by atoms with Gasteiger partial charge in [-0.25, -0.2) is 0 Å². The third-order valence-electron chi connectivity index (χ3n) is 1.25. The highest BCUT2D eigenvalue weighted by Gasteiger charge is 2.34. The molecule has 0 saturated carbocycles. The Labute approximate surface area is 94.1 Å². The highest BCUT2D eigenvalue weighted by molar-refractivity contribution is 8.03. The van der Waals surface area contributed by atoms with Crippen LogP contribution in [-0.4, -0.2) is 47.7 Å². The van der Waals surface area contributed by atoms with Gasteiger partial charge in [-0.3, -0.25) is 28.3 Å². The van der Waals surface area contributed by atoms with Gasteiger partial charge < -0.3 is 0 Å². The van der Waals surface area contributed by atoms with Gasteiger partial charge >= 0.3 is 30.5 Å². The Hall–Kier alpha value is -1.50. The largest absolute Gasteiger partial charge is 0.339 e. The van der Waals surface area contributed by atoms with Crippen molar-refractivity contribution in [3.63, 3.8) is 0 Å². The lowest BCUT2D eigenvalue weighted by Gasteiger charge is -1.95. The molecule has 0 aliphatic rings. The van der Waals surface area contributed by atoms with Gasteiger partial charge in [-0.1, -0.05) is 0 Å². The molecule has 0 spiro atoms. The molecule has 0 saturated heterocycles. The lowest BCUT2D eigenvalue weighted by Crippen LogP contribution is -2.30. The monoisotopic (exact) mass is 288 g/mol. The summed E-state index contributed by atoms with van der Waals surface area (Å²) in [7, 11) is -10.7. The number of hydrogen-bond acceptors (Lipinski definition) is 8. The first-order chi connectivity index (χ1) is 7.37. The van der Waals surface area contributed by atoms with E-state index in [2.05, 4.69) is 0 Å². The van der Waals surface area contributed by atoms with E-state index in [1.807, 2.05) is 0 Å². The quantitative estimate of drug-likeness (QED) is 0.315. The van der Waals surface area contributed by atoms with Crippen molar-refractivity contribution in [3.05, 3.63) is 0 Å². The average molecular weight is 288 g/mol. The van der Waals surface area contributed by atoms with Crippen molar-refractivity contribution in [1.29, 1.82) is 0 Å². The minimum absolute atomic E-state index is 1.70. The summed E-state index contributed by atoms with van der Waals surface area (Å²) in [5, 5.41) is -4.73. The zero-order chi connectivity index (χ0) is 14.0. The Balaban J connectivity index is 4.93. The van der Waals surface area contributed by atoms with E-state index in [0.29, 0.717) is 0 Å². The Bertz CT molecular complexity index is 537. The van der Waals surface area contributed by atoms with E-state index >= 15 is 0 Å². The van der Waals surface area contributed by atoms with Crippen molar-refractivity contribution in [2.45, 2.75) is 6.42 Å². The third-order valence-corrected chi connectivity index (χ3v) is 2.64. The van der Waals surface area contributed by atoms with Crippen LogP contribution in [0, 0.1) is 0 Å². The van der Waals surface area contributed by atoms with Crippen LogP contribution < -0.4 is 0 Å². The zero-order valence-electron chi connectivity index (χ0n) is 7.68. The van der Waals surface area contributed by atoms with Crippen LogP contribution in [0.15, 0.2) is 0 Å². The molecule has 0 atom stereocenters. The first kappa shape index (κ1) is 15.5. The van der Waals surface area contributed by atoms with Gasteiger partial charge in [0.25, 0.3) is 0 Å². The second-order valence-electron chi connectivity index (χ2n) is 2.55. The van der Waals surface area contributed by atoms with E-state index in [0.717, 1.165) is 0 Å². The van der Waals surface area contributed by atoms with E-state index in [1.54, 1.807) is 0 Å². The molecule has 0 aliphatic carbocycles. The van der Waals surface area contributed by atoms with Crippen LogP contribution in [0.5, 0.6) is 0 Å². The fourth-order valence-electron chi connectivity index (χ4n) is 0.578.